The van der Waals surface area contributed by atoms with E-state index in [0.717, 1.165) is 12.8 Å². The van der Waals surface area contributed by atoms with Crippen LogP contribution in [0.5, 0.6) is 0 Å². The summed E-state index contributed by atoms with van der Waals surface area (Å²) in [5.74, 6) is 0.286. The van der Waals surface area contributed by atoms with Crippen LogP contribution in [0.25, 0.3) is 0 Å². The predicted molar refractivity (Wildman–Crippen MR) is 38.3 cm³/mol. The Morgan fingerprint density at radius 2 is 2.00 bits per heavy atom. The van der Waals surface area contributed by atoms with E-state index in [4.69, 9.17) is 5.41 Å². The van der Waals surface area contributed by atoms with Gasteiger partial charge in [-0.1, -0.05) is 0 Å². The second-order valence-electron chi connectivity index (χ2n) is 3.67. The topological polar surface area (TPSA) is 40.9 Å². The van der Waals surface area contributed by atoms with E-state index < -0.39 is 0 Å². The van der Waals surface area contributed by atoms with Crippen molar-refractivity contribution in [2.75, 3.05) is 0 Å². The maximum atomic E-state index is 11.0. The molecule has 2 aliphatic carbocycles. The van der Waals surface area contributed by atoms with Gasteiger partial charge in [0.2, 0.25) is 0 Å². The first kappa shape index (κ1) is 6.08. The summed E-state index contributed by atoms with van der Waals surface area (Å²) in [7, 11) is 0. The number of rotatable bonds is 0. The summed E-state index contributed by atoms with van der Waals surface area (Å²) in [6.07, 6.45) is 4.46. The van der Waals surface area contributed by atoms with Gasteiger partial charge in [-0.3, -0.25) is 4.79 Å². The van der Waals surface area contributed by atoms with Gasteiger partial charge >= 0.3 is 0 Å². The van der Waals surface area contributed by atoms with Crippen molar-refractivity contribution in [1.82, 2.24) is 0 Å². The van der Waals surface area contributed by atoms with Crippen LogP contribution in [0.4, 0.5) is 0 Å². The molecule has 0 radical (unpaired) electrons. The van der Waals surface area contributed by atoms with Crippen LogP contribution in [0.1, 0.15) is 32.1 Å². The molecule has 2 saturated carbocycles. The Balaban J connectivity index is 2.14. The third kappa shape index (κ3) is 0.877. The second-order valence-corrected chi connectivity index (χ2v) is 3.67. The average molecular weight is 137 g/mol. The minimum atomic E-state index is 0.286. The fourth-order valence-corrected chi connectivity index (χ4v) is 1.83. The van der Waals surface area contributed by atoms with Crippen molar-refractivity contribution in [2.24, 2.45) is 5.41 Å². The van der Waals surface area contributed by atoms with Crippen LogP contribution < -0.4 is 0 Å². The van der Waals surface area contributed by atoms with E-state index >= 15 is 0 Å². The van der Waals surface area contributed by atoms with Gasteiger partial charge in [0, 0.05) is 18.6 Å². The minimum absolute atomic E-state index is 0.286. The molecular weight excluding hydrogens is 126 g/mol. The number of nitrogens with one attached hydrogen (secondary N) is 1. The van der Waals surface area contributed by atoms with E-state index in [0.29, 0.717) is 17.5 Å². The van der Waals surface area contributed by atoms with E-state index in [9.17, 15) is 4.79 Å². The van der Waals surface area contributed by atoms with Crippen molar-refractivity contribution < 1.29 is 4.79 Å². The Bertz CT molecular complexity index is 185. The Kier molecular flexibility index (Phi) is 1.02. The summed E-state index contributed by atoms with van der Waals surface area (Å²) >= 11 is 0. The fourth-order valence-electron chi connectivity index (χ4n) is 1.83. The van der Waals surface area contributed by atoms with Gasteiger partial charge in [0.1, 0.15) is 5.78 Å². The van der Waals surface area contributed by atoms with Gasteiger partial charge in [0.05, 0.1) is 0 Å². The Morgan fingerprint density at radius 3 is 2.50 bits per heavy atom. The molecule has 0 amide bonds. The third-order valence-corrected chi connectivity index (χ3v) is 2.53. The van der Waals surface area contributed by atoms with Crippen molar-refractivity contribution in [1.29, 1.82) is 5.41 Å². The van der Waals surface area contributed by atoms with Gasteiger partial charge in [-0.05, 0) is 24.7 Å². The van der Waals surface area contributed by atoms with E-state index in [-0.39, 0.29) is 5.78 Å². The molecule has 0 heterocycles. The summed E-state index contributed by atoms with van der Waals surface area (Å²) in [5.41, 5.74) is 0.959. The highest BCUT2D eigenvalue weighted by Crippen LogP contribution is 2.54. The van der Waals surface area contributed by atoms with Gasteiger partial charge in [-0.25, -0.2) is 0 Å². The standard InChI is InChI=1S/C8H11NO/c9-6-3-7(10)5-8(4-6)1-2-8/h9H,1-5H2. The molecule has 0 atom stereocenters. The smallest absolute Gasteiger partial charge is 0.139 e. The molecule has 10 heavy (non-hydrogen) atoms. The lowest BCUT2D eigenvalue weighted by Gasteiger charge is -2.19. The molecule has 2 fully saturated rings. The highest BCUT2D eigenvalue weighted by atomic mass is 16.1. The van der Waals surface area contributed by atoms with Crippen LogP contribution in [0.3, 0.4) is 0 Å². The highest BCUT2D eigenvalue weighted by Gasteiger charge is 2.47. The zero-order valence-corrected chi connectivity index (χ0v) is 5.94. The molecule has 0 aromatic carbocycles. The lowest BCUT2D eigenvalue weighted by Crippen LogP contribution is -2.22. The van der Waals surface area contributed by atoms with Gasteiger partial charge in [0.25, 0.3) is 0 Å². The van der Waals surface area contributed by atoms with Gasteiger partial charge in [0.15, 0.2) is 0 Å². The fraction of sp³-hybridized carbons (Fsp3) is 0.750. The van der Waals surface area contributed by atoms with E-state index in [1.807, 2.05) is 0 Å². The lowest BCUT2D eigenvalue weighted by atomic mass is 9.84. The molecule has 1 N–H and O–H groups in total. The quantitative estimate of drug-likeness (QED) is 0.540. The molecular formula is C8H11NO. The van der Waals surface area contributed by atoms with E-state index in [1.54, 1.807) is 0 Å². The summed E-state index contributed by atoms with van der Waals surface area (Å²) in [4.78, 5) is 11.0. The minimum Gasteiger partial charge on any atom is -0.309 e. The van der Waals surface area contributed by atoms with Crippen molar-refractivity contribution in [3.05, 3.63) is 0 Å². The summed E-state index contributed by atoms with van der Waals surface area (Å²) in [6.45, 7) is 0. The Hall–Kier alpha value is -0.660. The Labute approximate surface area is 60.1 Å². The molecule has 2 aliphatic rings. The Morgan fingerprint density at radius 1 is 1.30 bits per heavy atom. The van der Waals surface area contributed by atoms with Gasteiger partial charge in [-0.15, -0.1) is 0 Å². The number of carbonyl (C=O) groups excluding carboxylic acids is 1. The van der Waals surface area contributed by atoms with Crippen LogP contribution in [-0.2, 0) is 4.79 Å². The van der Waals surface area contributed by atoms with Gasteiger partial charge < -0.3 is 5.41 Å². The maximum Gasteiger partial charge on any atom is 0.139 e. The molecule has 2 nitrogen and oxygen atoms in total. The zero-order valence-electron chi connectivity index (χ0n) is 5.94. The molecule has 2 rings (SSSR count). The van der Waals surface area contributed by atoms with Crippen LogP contribution in [0.2, 0.25) is 0 Å². The summed E-state index contributed by atoms with van der Waals surface area (Å²) < 4.78 is 0. The molecule has 2 heteroatoms. The van der Waals surface area contributed by atoms with Crippen LogP contribution >= 0.6 is 0 Å². The van der Waals surface area contributed by atoms with Crippen molar-refractivity contribution in [2.45, 2.75) is 32.1 Å². The molecule has 54 valence electrons. The van der Waals surface area contributed by atoms with Crippen molar-refractivity contribution in [3.63, 3.8) is 0 Å². The van der Waals surface area contributed by atoms with E-state index in [1.165, 1.54) is 12.8 Å². The van der Waals surface area contributed by atoms with Crippen molar-refractivity contribution >= 4 is 11.5 Å². The summed E-state index contributed by atoms with van der Waals surface area (Å²) in [6, 6.07) is 0. The number of hydrogen-bond donors (Lipinski definition) is 1. The molecule has 0 unspecified atom stereocenters. The lowest BCUT2D eigenvalue weighted by molar-refractivity contribution is -0.119. The highest BCUT2D eigenvalue weighted by molar-refractivity contribution is 6.03. The molecule has 0 aliphatic heterocycles. The zero-order chi connectivity index (χ0) is 7.19. The SMILES string of the molecule is N=C1CC(=O)CC2(CC2)C1. The van der Waals surface area contributed by atoms with Gasteiger partial charge in [-0.2, -0.15) is 0 Å². The molecule has 0 aromatic heterocycles. The van der Waals surface area contributed by atoms with Crippen LogP contribution in [0.15, 0.2) is 0 Å². The number of ketones is 1. The largest absolute Gasteiger partial charge is 0.309 e. The molecule has 1 spiro atoms. The van der Waals surface area contributed by atoms with Crippen molar-refractivity contribution in [3.8, 4) is 0 Å². The summed E-state index contributed by atoms with van der Waals surface area (Å²) in [5, 5.41) is 7.39. The number of Topliss-reactive ketones (excluding diaryl/α,β-unsaturated/α-hetero) is 1. The second kappa shape index (κ2) is 1.68. The van der Waals surface area contributed by atoms with Crippen LogP contribution in [0, 0.1) is 10.8 Å². The monoisotopic (exact) mass is 137 g/mol. The number of carbonyl (C=O) groups is 1. The normalized spacial score (nSPS) is 29.2. The number of hydrogen-bond acceptors (Lipinski definition) is 2. The maximum absolute atomic E-state index is 11.0. The predicted octanol–water partition coefficient (Wildman–Crippen LogP) is 1.54. The first-order chi connectivity index (χ1) is 4.70. The van der Waals surface area contributed by atoms with E-state index in [2.05, 4.69) is 0 Å². The van der Waals surface area contributed by atoms with Crippen LogP contribution in [-0.4, -0.2) is 11.5 Å². The average Bonchev–Trinajstić information content (AvgIpc) is 2.44. The third-order valence-electron chi connectivity index (χ3n) is 2.53. The molecule has 0 aromatic rings. The molecule has 0 bridgehead atoms. The first-order valence-electron chi connectivity index (χ1n) is 3.78. The molecule has 0 saturated heterocycles. The first-order valence-corrected chi connectivity index (χ1v) is 3.78.